The van der Waals surface area contributed by atoms with Crippen LogP contribution >= 0.6 is 0 Å². The maximum absolute atomic E-state index is 12.8. The molecular weight excluding hydrogens is 593 g/mol. The molecule has 1 aromatic heterocycles. The van der Waals surface area contributed by atoms with Crippen molar-refractivity contribution >= 4 is 17.8 Å². The van der Waals surface area contributed by atoms with Crippen molar-refractivity contribution in [1.82, 2.24) is 20.7 Å². The van der Waals surface area contributed by atoms with E-state index < -0.39 is 35.2 Å². The molecule has 0 aliphatic rings. The van der Waals surface area contributed by atoms with Crippen molar-refractivity contribution in [3.05, 3.63) is 70.6 Å². The van der Waals surface area contributed by atoms with Gasteiger partial charge in [-0.2, -0.15) is 13.2 Å². The molecule has 0 spiro atoms. The number of carbonyl (C=O) groups is 3. The number of aromatic nitrogens is 1. The molecule has 10 nitrogen and oxygen atoms in total. The van der Waals surface area contributed by atoms with Crippen molar-refractivity contribution in [2.24, 2.45) is 0 Å². The van der Waals surface area contributed by atoms with Crippen molar-refractivity contribution in [2.45, 2.75) is 85.9 Å². The first-order valence-electron chi connectivity index (χ1n) is 14.2. The zero-order chi connectivity index (χ0) is 33.7. The SMILES string of the molecule is Cc1cc(CN(CC(=O)NNC(=O)C(F)(F)F)Cc2nc(-c3ccccc3)oc2C)cc(C)c1OC(C)(C)C(=O)OC(C)(C)C. The Hall–Kier alpha value is -4.39. The number of benzene rings is 2. The fourth-order valence-electron chi connectivity index (χ4n) is 4.35. The Balaban J connectivity index is 1.85. The quantitative estimate of drug-likeness (QED) is 0.223. The summed E-state index contributed by atoms with van der Waals surface area (Å²) in [6, 6.07) is 12.9. The summed E-state index contributed by atoms with van der Waals surface area (Å²) in [5.74, 6) is -2.31. The molecule has 0 atom stereocenters. The summed E-state index contributed by atoms with van der Waals surface area (Å²) in [4.78, 5) is 42.9. The third-order valence-corrected chi connectivity index (χ3v) is 6.40. The lowest BCUT2D eigenvalue weighted by Crippen LogP contribution is -2.50. The van der Waals surface area contributed by atoms with Gasteiger partial charge in [0.25, 0.3) is 5.91 Å². The third kappa shape index (κ3) is 10.1. The lowest BCUT2D eigenvalue weighted by atomic mass is 10.0. The minimum Gasteiger partial charge on any atom is -0.476 e. The molecule has 0 fully saturated rings. The van der Waals surface area contributed by atoms with Crippen LogP contribution in [0.5, 0.6) is 5.75 Å². The van der Waals surface area contributed by atoms with E-state index in [0.717, 1.165) is 11.1 Å². The minimum absolute atomic E-state index is 0.102. The van der Waals surface area contributed by atoms with Crippen LogP contribution in [0.4, 0.5) is 13.2 Å². The number of carbonyl (C=O) groups excluding carboxylic acids is 3. The molecule has 244 valence electrons. The lowest BCUT2D eigenvalue weighted by molar-refractivity contribution is -0.175. The predicted molar refractivity (Wildman–Crippen MR) is 160 cm³/mol. The number of nitrogens with one attached hydrogen (secondary N) is 2. The smallest absolute Gasteiger partial charge is 0.472 e. The first-order chi connectivity index (χ1) is 20.7. The van der Waals surface area contributed by atoms with Gasteiger partial charge >= 0.3 is 18.1 Å². The second kappa shape index (κ2) is 13.7. The summed E-state index contributed by atoms with van der Waals surface area (Å²) >= 11 is 0. The Morgan fingerprint density at radius 3 is 2.07 bits per heavy atom. The summed E-state index contributed by atoms with van der Waals surface area (Å²) < 4.78 is 55.4. The van der Waals surface area contributed by atoms with Gasteiger partial charge in [0.15, 0.2) is 5.60 Å². The predicted octanol–water partition coefficient (Wildman–Crippen LogP) is 5.48. The van der Waals surface area contributed by atoms with Crippen LogP contribution in [-0.2, 0) is 32.2 Å². The molecule has 2 aromatic carbocycles. The summed E-state index contributed by atoms with van der Waals surface area (Å²) in [5.41, 5.74) is 4.68. The number of halogens is 3. The normalized spacial score (nSPS) is 12.2. The van der Waals surface area contributed by atoms with Gasteiger partial charge < -0.3 is 13.9 Å². The fraction of sp³-hybridized carbons (Fsp3) is 0.438. The highest BCUT2D eigenvalue weighted by atomic mass is 19.4. The Labute approximate surface area is 260 Å². The average molecular weight is 633 g/mol. The number of hydrazine groups is 1. The number of esters is 1. The van der Waals surface area contributed by atoms with Crippen LogP contribution in [0.1, 0.15) is 62.8 Å². The topological polar surface area (TPSA) is 123 Å². The molecular formula is C32H39F3N4O6. The van der Waals surface area contributed by atoms with Crippen LogP contribution < -0.4 is 15.6 Å². The number of alkyl halides is 3. The summed E-state index contributed by atoms with van der Waals surface area (Å²) in [6.07, 6.45) is -5.16. The maximum atomic E-state index is 12.8. The van der Waals surface area contributed by atoms with E-state index in [4.69, 9.17) is 13.9 Å². The zero-order valence-corrected chi connectivity index (χ0v) is 26.6. The molecule has 2 N–H and O–H groups in total. The molecule has 0 radical (unpaired) electrons. The van der Waals surface area contributed by atoms with Crippen molar-refractivity contribution in [1.29, 1.82) is 0 Å². The van der Waals surface area contributed by atoms with E-state index in [1.807, 2.05) is 61.7 Å². The number of ether oxygens (including phenoxy) is 2. The number of hydrogen-bond donors (Lipinski definition) is 2. The average Bonchev–Trinajstić information content (AvgIpc) is 3.28. The molecule has 1 heterocycles. The highest BCUT2D eigenvalue weighted by molar-refractivity contribution is 5.85. The van der Waals surface area contributed by atoms with Crippen molar-refractivity contribution in [3.63, 3.8) is 0 Å². The first kappa shape index (κ1) is 35.1. The van der Waals surface area contributed by atoms with E-state index in [1.54, 1.807) is 46.4 Å². The molecule has 0 aliphatic carbocycles. The second-order valence-electron chi connectivity index (χ2n) is 12.2. The number of nitrogens with zero attached hydrogens (tertiary/aromatic N) is 2. The van der Waals surface area contributed by atoms with Crippen LogP contribution in [0.25, 0.3) is 11.5 Å². The summed E-state index contributed by atoms with van der Waals surface area (Å²) in [6.45, 7) is 13.8. The van der Waals surface area contributed by atoms with Gasteiger partial charge in [-0.3, -0.25) is 25.3 Å². The molecule has 0 bridgehead atoms. The fourth-order valence-corrected chi connectivity index (χ4v) is 4.35. The Kier molecular flexibility index (Phi) is 10.7. The number of oxazole rings is 1. The van der Waals surface area contributed by atoms with Crippen LogP contribution in [0.3, 0.4) is 0 Å². The van der Waals surface area contributed by atoms with Gasteiger partial charge in [-0.25, -0.2) is 9.78 Å². The lowest BCUT2D eigenvalue weighted by Gasteiger charge is -2.30. The number of amides is 2. The third-order valence-electron chi connectivity index (χ3n) is 6.40. The number of hydrogen-bond acceptors (Lipinski definition) is 8. The molecule has 2 amide bonds. The van der Waals surface area contributed by atoms with E-state index in [9.17, 15) is 27.6 Å². The highest BCUT2D eigenvalue weighted by Crippen LogP contribution is 2.31. The Morgan fingerprint density at radius 1 is 0.911 bits per heavy atom. The largest absolute Gasteiger partial charge is 0.476 e. The molecule has 0 saturated carbocycles. The van der Waals surface area contributed by atoms with Gasteiger partial charge in [0, 0.05) is 18.7 Å². The van der Waals surface area contributed by atoms with Gasteiger partial charge in [-0.1, -0.05) is 30.3 Å². The monoisotopic (exact) mass is 632 g/mol. The molecule has 0 saturated heterocycles. The molecule has 0 aliphatic heterocycles. The van der Waals surface area contributed by atoms with E-state index in [0.29, 0.717) is 34.2 Å². The Bertz CT molecular complexity index is 1500. The van der Waals surface area contributed by atoms with E-state index in [-0.39, 0.29) is 19.6 Å². The first-order valence-corrected chi connectivity index (χ1v) is 14.2. The highest BCUT2D eigenvalue weighted by Gasteiger charge is 2.39. The van der Waals surface area contributed by atoms with Crippen molar-refractivity contribution in [3.8, 4) is 17.2 Å². The van der Waals surface area contributed by atoms with Gasteiger partial charge in [-0.05, 0) is 84.2 Å². The van der Waals surface area contributed by atoms with Gasteiger partial charge in [-0.15, -0.1) is 0 Å². The zero-order valence-electron chi connectivity index (χ0n) is 26.6. The molecule has 0 unspecified atom stereocenters. The molecule has 45 heavy (non-hydrogen) atoms. The van der Waals surface area contributed by atoms with Crippen LogP contribution in [0.15, 0.2) is 46.9 Å². The maximum Gasteiger partial charge on any atom is 0.472 e. The molecule has 13 heteroatoms. The summed E-state index contributed by atoms with van der Waals surface area (Å²) in [7, 11) is 0. The van der Waals surface area contributed by atoms with Crippen LogP contribution in [-0.4, -0.2) is 51.6 Å². The van der Waals surface area contributed by atoms with Crippen LogP contribution in [0, 0.1) is 20.8 Å². The Morgan fingerprint density at radius 2 is 1.51 bits per heavy atom. The van der Waals surface area contributed by atoms with Crippen molar-refractivity contribution < 1.29 is 41.4 Å². The molecule has 3 aromatic rings. The number of rotatable bonds is 10. The van der Waals surface area contributed by atoms with E-state index >= 15 is 0 Å². The molecule has 3 rings (SSSR count). The van der Waals surface area contributed by atoms with Gasteiger partial charge in [0.2, 0.25) is 5.89 Å². The summed E-state index contributed by atoms with van der Waals surface area (Å²) in [5, 5.41) is 0. The van der Waals surface area contributed by atoms with Crippen LogP contribution in [0.2, 0.25) is 0 Å². The van der Waals surface area contributed by atoms with Crippen molar-refractivity contribution in [2.75, 3.05) is 6.54 Å². The number of aryl methyl sites for hydroxylation is 3. The standard InChI is InChI=1S/C32H39F3N4O6/c1-19-14-22(15-20(2)26(19)44-31(7,8)29(42)45-30(4,5)6)16-39(18-25(40)37-38-28(41)32(33,34)35)17-24-21(3)43-27(36-24)23-12-10-9-11-13-23/h9-15H,16-18H2,1-8H3,(H,37,40)(H,38,41). The van der Waals surface area contributed by atoms with Gasteiger partial charge in [0.05, 0.1) is 12.2 Å². The van der Waals surface area contributed by atoms with E-state index in [1.165, 1.54) is 5.43 Å². The van der Waals surface area contributed by atoms with Gasteiger partial charge in [0.1, 0.15) is 17.1 Å². The van der Waals surface area contributed by atoms with E-state index in [2.05, 4.69) is 4.98 Å². The minimum atomic E-state index is -5.16. The second-order valence-corrected chi connectivity index (χ2v) is 12.2.